The molecule has 160 valence electrons. The van der Waals surface area contributed by atoms with Gasteiger partial charge in [-0.1, -0.05) is 28.1 Å². The molecule has 0 saturated carbocycles. The van der Waals surface area contributed by atoms with Crippen LogP contribution in [0.25, 0.3) is 0 Å². The summed E-state index contributed by atoms with van der Waals surface area (Å²) in [5, 5.41) is 3.12. The van der Waals surface area contributed by atoms with E-state index in [1.165, 1.54) is 0 Å². The van der Waals surface area contributed by atoms with Crippen LogP contribution in [0.4, 0.5) is 4.79 Å². The van der Waals surface area contributed by atoms with Gasteiger partial charge in [0.1, 0.15) is 17.0 Å². The molecule has 1 saturated heterocycles. The maximum absolute atomic E-state index is 13.0. The quantitative estimate of drug-likeness (QED) is 0.718. The summed E-state index contributed by atoms with van der Waals surface area (Å²) in [6, 6.07) is 10.9. The van der Waals surface area contributed by atoms with Crippen molar-refractivity contribution in [2.75, 3.05) is 20.2 Å². The van der Waals surface area contributed by atoms with E-state index in [9.17, 15) is 9.59 Å². The van der Waals surface area contributed by atoms with Crippen LogP contribution in [-0.2, 0) is 10.3 Å². The zero-order valence-electron chi connectivity index (χ0n) is 17.6. The molecule has 2 heterocycles. The Morgan fingerprint density at radius 1 is 1.23 bits per heavy atom. The average molecular weight is 476 g/mol. The molecule has 1 fully saturated rings. The lowest BCUT2D eigenvalue weighted by Gasteiger charge is -2.32. The number of ether oxygens (including phenoxy) is 2. The number of pyridine rings is 1. The third-order valence-corrected chi connectivity index (χ3v) is 5.34. The summed E-state index contributed by atoms with van der Waals surface area (Å²) in [5.74, 6) is 0.364. The molecule has 2 aromatic rings. The van der Waals surface area contributed by atoms with Crippen LogP contribution in [0, 0.1) is 0 Å². The smallest absolute Gasteiger partial charge is 0.410 e. The predicted molar refractivity (Wildman–Crippen MR) is 116 cm³/mol. The van der Waals surface area contributed by atoms with Gasteiger partial charge in [0, 0.05) is 17.2 Å². The second kappa shape index (κ2) is 8.63. The van der Waals surface area contributed by atoms with Crippen molar-refractivity contribution in [3.63, 3.8) is 0 Å². The second-order valence-corrected chi connectivity index (χ2v) is 9.20. The lowest BCUT2D eigenvalue weighted by molar-refractivity contribution is 0.0278. The lowest BCUT2D eigenvalue weighted by Crippen LogP contribution is -2.49. The maximum Gasteiger partial charge on any atom is 0.410 e. The van der Waals surface area contributed by atoms with Crippen LogP contribution in [0.15, 0.2) is 47.1 Å². The van der Waals surface area contributed by atoms with Gasteiger partial charge in [0.05, 0.1) is 19.2 Å². The minimum absolute atomic E-state index is 0.287. The normalized spacial score (nSPS) is 18.8. The third kappa shape index (κ3) is 5.11. The first-order valence-corrected chi connectivity index (χ1v) is 10.5. The Bertz CT molecular complexity index is 944. The number of aromatic nitrogens is 1. The standard InChI is InChI=1S/C22H26BrN3O4/c1-21(2,3)30-20(28)26-11-9-22(14-26,15-6-5-7-17(12-15)29-4)25-19(27)18-13-16(23)8-10-24-18/h5-8,10,12-13H,9,11,14H2,1-4H3,(H,25,27). The summed E-state index contributed by atoms with van der Waals surface area (Å²) in [7, 11) is 1.59. The predicted octanol–water partition coefficient (Wildman–Crippen LogP) is 4.12. The van der Waals surface area contributed by atoms with Crippen LogP contribution in [0.5, 0.6) is 5.75 Å². The summed E-state index contributed by atoms with van der Waals surface area (Å²) in [6.07, 6.45) is 1.71. The molecule has 8 heteroatoms. The SMILES string of the molecule is COc1cccc(C2(NC(=O)c3cc(Br)ccn3)CCN(C(=O)OC(C)(C)C)C2)c1. The molecule has 0 spiro atoms. The van der Waals surface area contributed by atoms with E-state index in [2.05, 4.69) is 26.2 Å². The Hall–Kier alpha value is -2.61. The molecule has 1 atom stereocenters. The van der Waals surface area contributed by atoms with Gasteiger partial charge < -0.3 is 19.7 Å². The van der Waals surface area contributed by atoms with Crippen molar-refractivity contribution in [1.82, 2.24) is 15.2 Å². The van der Waals surface area contributed by atoms with Crippen molar-refractivity contribution < 1.29 is 19.1 Å². The van der Waals surface area contributed by atoms with Crippen molar-refractivity contribution >= 4 is 27.9 Å². The number of likely N-dealkylation sites (tertiary alicyclic amines) is 1. The van der Waals surface area contributed by atoms with E-state index in [-0.39, 0.29) is 12.5 Å². The van der Waals surface area contributed by atoms with Gasteiger partial charge in [0.15, 0.2) is 0 Å². The van der Waals surface area contributed by atoms with E-state index in [1.807, 2.05) is 45.0 Å². The molecule has 1 unspecified atom stereocenters. The van der Waals surface area contributed by atoms with E-state index in [0.717, 1.165) is 10.0 Å². The van der Waals surface area contributed by atoms with Crippen LogP contribution in [0.1, 0.15) is 43.2 Å². The molecule has 0 radical (unpaired) electrons. The van der Waals surface area contributed by atoms with Gasteiger partial charge in [-0.25, -0.2) is 4.79 Å². The summed E-state index contributed by atoms with van der Waals surface area (Å²) < 4.78 is 11.7. The monoisotopic (exact) mass is 475 g/mol. The van der Waals surface area contributed by atoms with E-state index in [1.54, 1.807) is 30.3 Å². The average Bonchev–Trinajstić information content (AvgIpc) is 3.12. The van der Waals surface area contributed by atoms with Gasteiger partial charge in [0.2, 0.25) is 0 Å². The summed E-state index contributed by atoms with van der Waals surface area (Å²) in [5.41, 5.74) is -0.229. The molecule has 7 nitrogen and oxygen atoms in total. The number of hydrogen-bond donors (Lipinski definition) is 1. The number of nitrogens with zero attached hydrogens (tertiary/aromatic N) is 2. The van der Waals surface area contributed by atoms with E-state index in [0.29, 0.717) is 24.4 Å². The molecule has 30 heavy (non-hydrogen) atoms. The van der Waals surface area contributed by atoms with Crippen molar-refractivity contribution in [2.45, 2.75) is 38.3 Å². The summed E-state index contributed by atoms with van der Waals surface area (Å²) >= 11 is 3.37. The van der Waals surface area contributed by atoms with E-state index in [4.69, 9.17) is 9.47 Å². The van der Waals surface area contributed by atoms with Gasteiger partial charge >= 0.3 is 6.09 Å². The fourth-order valence-corrected chi connectivity index (χ4v) is 3.77. The topological polar surface area (TPSA) is 80.8 Å². The molecular weight excluding hydrogens is 450 g/mol. The largest absolute Gasteiger partial charge is 0.497 e. The Kier molecular flexibility index (Phi) is 6.36. The highest BCUT2D eigenvalue weighted by Gasteiger charge is 2.44. The number of halogens is 1. The number of amides is 2. The highest BCUT2D eigenvalue weighted by molar-refractivity contribution is 9.10. The number of benzene rings is 1. The molecule has 1 aliphatic rings. The summed E-state index contributed by atoms with van der Waals surface area (Å²) in [4.78, 5) is 31.5. The molecule has 1 aromatic carbocycles. The zero-order valence-corrected chi connectivity index (χ0v) is 19.2. The number of carbonyl (C=O) groups excluding carboxylic acids is 2. The molecule has 0 aliphatic carbocycles. The minimum Gasteiger partial charge on any atom is -0.497 e. The van der Waals surface area contributed by atoms with Gasteiger partial charge in [-0.3, -0.25) is 9.78 Å². The van der Waals surface area contributed by atoms with Crippen molar-refractivity contribution in [3.8, 4) is 5.75 Å². The van der Waals surface area contributed by atoms with Gasteiger partial charge in [-0.2, -0.15) is 0 Å². The molecule has 1 aliphatic heterocycles. The minimum atomic E-state index is -0.785. The molecular formula is C22H26BrN3O4. The van der Waals surface area contributed by atoms with E-state index >= 15 is 0 Å². The van der Waals surface area contributed by atoms with Crippen molar-refractivity contribution in [2.24, 2.45) is 0 Å². The summed E-state index contributed by atoms with van der Waals surface area (Å²) in [6.45, 7) is 6.23. The second-order valence-electron chi connectivity index (χ2n) is 8.28. The Morgan fingerprint density at radius 3 is 2.67 bits per heavy atom. The van der Waals surface area contributed by atoms with Crippen molar-refractivity contribution in [1.29, 1.82) is 0 Å². The van der Waals surface area contributed by atoms with Crippen LogP contribution in [-0.4, -0.2) is 47.7 Å². The van der Waals surface area contributed by atoms with E-state index < -0.39 is 17.2 Å². The fourth-order valence-electron chi connectivity index (χ4n) is 3.43. The number of rotatable bonds is 4. The molecule has 0 bridgehead atoms. The van der Waals surface area contributed by atoms with Gasteiger partial charge in [-0.15, -0.1) is 0 Å². The van der Waals surface area contributed by atoms with Crippen LogP contribution in [0.2, 0.25) is 0 Å². The van der Waals surface area contributed by atoms with Crippen LogP contribution in [0.3, 0.4) is 0 Å². The number of methoxy groups -OCH3 is 1. The first-order valence-electron chi connectivity index (χ1n) is 9.68. The lowest BCUT2D eigenvalue weighted by atomic mass is 9.88. The van der Waals surface area contributed by atoms with Crippen molar-refractivity contribution in [3.05, 3.63) is 58.3 Å². The maximum atomic E-state index is 13.0. The first kappa shape index (κ1) is 22.1. The Balaban J connectivity index is 1.92. The molecule has 1 N–H and O–H groups in total. The third-order valence-electron chi connectivity index (χ3n) is 4.85. The number of carbonyl (C=O) groups is 2. The number of nitrogens with one attached hydrogen (secondary N) is 1. The fraction of sp³-hybridized carbons (Fsp3) is 0.409. The zero-order chi connectivity index (χ0) is 21.9. The molecule has 2 amide bonds. The van der Waals surface area contributed by atoms with Crippen LogP contribution < -0.4 is 10.1 Å². The van der Waals surface area contributed by atoms with Gasteiger partial charge in [0.25, 0.3) is 5.91 Å². The highest BCUT2D eigenvalue weighted by Crippen LogP contribution is 2.35. The van der Waals surface area contributed by atoms with Gasteiger partial charge in [-0.05, 0) is 57.0 Å². The Labute approximate surface area is 184 Å². The van der Waals surface area contributed by atoms with Crippen LogP contribution >= 0.6 is 15.9 Å². The molecule has 1 aromatic heterocycles. The molecule has 3 rings (SSSR count). The first-order chi connectivity index (χ1) is 14.1. The highest BCUT2D eigenvalue weighted by atomic mass is 79.9. The Morgan fingerprint density at radius 2 is 2.00 bits per heavy atom. The number of hydrogen-bond acceptors (Lipinski definition) is 5.